The van der Waals surface area contributed by atoms with Gasteiger partial charge >= 0.3 is 0 Å². The highest BCUT2D eigenvalue weighted by Gasteiger charge is 2.19. The van der Waals surface area contributed by atoms with Crippen molar-refractivity contribution in [3.05, 3.63) is 83.2 Å². The van der Waals surface area contributed by atoms with Crippen LogP contribution < -0.4 is 14.4 Å². The molecule has 1 amide bonds. The van der Waals surface area contributed by atoms with Crippen LogP contribution in [0.15, 0.2) is 67.0 Å². The number of pyridine rings is 1. The molecule has 0 saturated carbocycles. The van der Waals surface area contributed by atoms with E-state index in [1.54, 1.807) is 29.4 Å². The van der Waals surface area contributed by atoms with Gasteiger partial charge in [0.2, 0.25) is 6.79 Å². The van der Waals surface area contributed by atoms with Gasteiger partial charge < -0.3 is 9.47 Å². The number of anilines is 1. The number of hydrogen-bond donors (Lipinski definition) is 0. The average molecular weight is 450 g/mol. The molecule has 0 N–H and O–H groups in total. The van der Waals surface area contributed by atoms with Crippen molar-refractivity contribution in [2.24, 2.45) is 0 Å². The van der Waals surface area contributed by atoms with Gasteiger partial charge in [-0.1, -0.05) is 35.1 Å². The number of amides is 1. The summed E-state index contributed by atoms with van der Waals surface area (Å²) in [5, 5.41) is 1.23. The number of rotatable bonds is 5. The van der Waals surface area contributed by atoms with Crippen molar-refractivity contribution in [3.8, 4) is 11.5 Å². The molecule has 0 fully saturated rings. The molecule has 3 heterocycles. The summed E-state index contributed by atoms with van der Waals surface area (Å²) >= 11 is 7.54. The normalized spacial score (nSPS) is 12.5. The number of carbonyl (C=O) groups is 1. The van der Waals surface area contributed by atoms with Crippen molar-refractivity contribution in [1.29, 1.82) is 0 Å². The van der Waals surface area contributed by atoms with Crippen molar-refractivity contribution in [2.75, 3.05) is 11.7 Å². The Morgan fingerprint density at radius 1 is 1.16 bits per heavy atom. The lowest BCUT2D eigenvalue weighted by molar-refractivity contribution is -0.114. The lowest BCUT2D eigenvalue weighted by Crippen LogP contribution is -2.28. The van der Waals surface area contributed by atoms with Crippen LogP contribution in [0.1, 0.15) is 11.1 Å². The third-order valence-electron chi connectivity index (χ3n) is 4.71. The summed E-state index contributed by atoms with van der Waals surface area (Å²) in [4.78, 5) is 23.6. The Kier molecular flexibility index (Phi) is 5.28. The van der Waals surface area contributed by atoms with Crippen LogP contribution in [-0.4, -0.2) is 22.7 Å². The smallest absolute Gasteiger partial charge is 0.253 e. The molecule has 0 bridgehead atoms. The quantitative estimate of drug-likeness (QED) is 0.386. The molecule has 0 saturated heterocycles. The fourth-order valence-corrected chi connectivity index (χ4v) is 4.44. The Balaban J connectivity index is 1.46. The minimum Gasteiger partial charge on any atom is -0.454 e. The van der Waals surface area contributed by atoms with Crippen molar-refractivity contribution in [2.45, 2.75) is 6.54 Å². The second-order valence-electron chi connectivity index (χ2n) is 6.84. The summed E-state index contributed by atoms with van der Waals surface area (Å²) in [6.45, 7) is 0.563. The molecular weight excluding hydrogens is 434 g/mol. The third-order valence-corrected chi connectivity index (χ3v) is 5.99. The van der Waals surface area contributed by atoms with E-state index in [9.17, 15) is 4.79 Å². The van der Waals surface area contributed by atoms with E-state index in [2.05, 4.69) is 9.97 Å². The maximum atomic E-state index is 13.2. The van der Waals surface area contributed by atoms with E-state index in [4.69, 9.17) is 21.1 Å². The van der Waals surface area contributed by atoms with Gasteiger partial charge in [-0.2, -0.15) is 0 Å². The summed E-state index contributed by atoms with van der Waals surface area (Å²) in [5.41, 5.74) is 2.55. The second-order valence-corrected chi connectivity index (χ2v) is 8.29. The molecule has 31 heavy (non-hydrogen) atoms. The van der Waals surface area contributed by atoms with Crippen LogP contribution in [0.25, 0.3) is 16.3 Å². The average Bonchev–Trinajstić information content (AvgIpc) is 3.42. The molecule has 5 rings (SSSR count). The first-order valence-corrected chi connectivity index (χ1v) is 10.7. The molecule has 8 heteroatoms. The zero-order valence-corrected chi connectivity index (χ0v) is 17.8. The third kappa shape index (κ3) is 4.23. The Morgan fingerprint density at radius 3 is 2.94 bits per heavy atom. The minimum atomic E-state index is -0.188. The predicted octanol–water partition coefficient (Wildman–Crippen LogP) is 5.32. The number of nitrogens with zero attached hydrogens (tertiary/aromatic N) is 3. The predicted molar refractivity (Wildman–Crippen MR) is 122 cm³/mol. The van der Waals surface area contributed by atoms with Crippen LogP contribution in [0.2, 0.25) is 5.02 Å². The molecule has 6 nitrogen and oxygen atoms in total. The van der Waals surface area contributed by atoms with E-state index in [-0.39, 0.29) is 12.7 Å². The van der Waals surface area contributed by atoms with Gasteiger partial charge in [0, 0.05) is 23.5 Å². The molecule has 0 radical (unpaired) electrons. The Morgan fingerprint density at radius 2 is 2.06 bits per heavy atom. The number of carbonyl (C=O) groups excluding carboxylic acids is 1. The topological polar surface area (TPSA) is 64.6 Å². The molecule has 4 aromatic rings. The first-order valence-electron chi connectivity index (χ1n) is 9.50. The summed E-state index contributed by atoms with van der Waals surface area (Å²) < 4.78 is 11.7. The molecule has 1 aliphatic heterocycles. The van der Waals surface area contributed by atoms with Crippen molar-refractivity contribution in [1.82, 2.24) is 9.97 Å². The molecule has 2 aromatic carbocycles. The van der Waals surface area contributed by atoms with Crippen LogP contribution in [-0.2, 0) is 11.3 Å². The number of hydrogen-bond acceptors (Lipinski definition) is 6. The van der Waals surface area contributed by atoms with Crippen molar-refractivity contribution >= 4 is 50.3 Å². The number of halogens is 1. The van der Waals surface area contributed by atoms with Crippen molar-refractivity contribution in [3.63, 3.8) is 0 Å². The highest BCUT2D eigenvalue weighted by Crippen LogP contribution is 2.34. The van der Waals surface area contributed by atoms with Crippen LogP contribution in [0.3, 0.4) is 0 Å². The highest BCUT2D eigenvalue weighted by molar-refractivity contribution is 7.22. The Hall–Kier alpha value is -3.42. The molecule has 0 spiro atoms. The highest BCUT2D eigenvalue weighted by atomic mass is 35.5. The maximum Gasteiger partial charge on any atom is 0.253 e. The summed E-state index contributed by atoms with van der Waals surface area (Å²) in [6.07, 6.45) is 6.73. The van der Waals surface area contributed by atoms with Gasteiger partial charge in [-0.3, -0.25) is 14.7 Å². The number of ether oxygens (including phenoxy) is 2. The van der Waals surface area contributed by atoms with Gasteiger partial charge in [-0.25, -0.2) is 4.98 Å². The number of thiazole rings is 1. The lowest BCUT2D eigenvalue weighted by atomic mass is 10.2. The largest absolute Gasteiger partial charge is 0.454 e. The van der Waals surface area contributed by atoms with Gasteiger partial charge in [-0.05, 0) is 53.6 Å². The molecule has 2 aromatic heterocycles. The van der Waals surface area contributed by atoms with Crippen LogP contribution >= 0.6 is 22.9 Å². The van der Waals surface area contributed by atoms with E-state index in [0.29, 0.717) is 28.2 Å². The van der Waals surface area contributed by atoms with Gasteiger partial charge in [0.1, 0.15) is 0 Å². The second kappa shape index (κ2) is 8.37. The zero-order chi connectivity index (χ0) is 21.2. The van der Waals surface area contributed by atoms with Gasteiger partial charge in [0.05, 0.1) is 16.8 Å². The lowest BCUT2D eigenvalue weighted by Gasteiger charge is -2.18. The van der Waals surface area contributed by atoms with Crippen LogP contribution in [0.5, 0.6) is 11.5 Å². The molecular formula is C23H16ClN3O3S. The van der Waals surface area contributed by atoms with Crippen LogP contribution in [0.4, 0.5) is 5.13 Å². The van der Waals surface area contributed by atoms with E-state index in [1.165, 1.54) is 17.4 Å². The fraction of sp³-hybridized carbons (Fsp3) is 0.0870. The van der Waals surface area contributed by atoms with Crippen molar-refractivity contribution < 1.29 is 14.3 Å². The summed E-state index contributed by atoms with van der Waals surface area (Å²) in [5.74, 6) is 1.19. The fourth-order valence-electron chi connectivity index (χ4n) is 3.19. The maximum absolute atomic E-state index is 13.2. The molecule has 1 aliphatic rings. The van der Waals surface area contributed by atoms with E-state index < -0.39 is 0 Å². The van der Waals surface area contributed by atoms with Gasteiger partial charge in [0.15, 0.2) is 16.6 Å². The number of aromatic nitrogens is 2. The first-order chi connectivity index (χ1) is 15.2. The monoisotopic (exact) mass is 449 g/mol. The molecule has 0 atom stereocenters. The molecule has 0 aliphatic carbocycles. The minimum absolute atomic E-state index is 0.188. The van der Waals surface area contributed by atoms with E-state index in [0.717, 1.165) is 21.3 Å². The summed E-state index contributed by atoms with van der Waals surface area (Å²) in [7, 11) is 0. The SMILES string of the molecule is O=C(/C=C/c1ccc2c(c1)OCO2)N(Cc1cccnc1)c1nc2ccc(Cl)cc2s1. The van der Waals surface area contributed by atoms with Gasteiger partial charge in [0.25, 0.3) is 5.91 Å². The number of fused-ring (bicyclic) bond motifs is 2. The number of benzene rings is 2. The zero-order valence-electron chi connectivity index (χ0n) is 16.2. The first kappa shape index (κ1) is 19.5. The van der Waals surface area contributed by atoms with E-state index >= 15 is 0 Å². The summed E-state index contributed by atoms with van der Waals surface area (Å²) in [6, 6.07) is 14.8. The Bertz CT molecular complexity index is 1290. The Labute approximate surface area is 187 Å². The molecule has 0 unspecified atom stereocenters. The van der Waals surface area contributed by atoms with E-state index in [1.807, 2.05) is 42.5 Å². The molecule has 154 valence electrons. The van der Waals surface area contributed by atoms with Gasteiger partial charge in [-0.15, -0.1) is 0 Å². The van der Waals surface area contributed by atoms with Crippen LogP contribution in [0, 0.1) is 0 Å². The standard InChI is InChI=1S/C23H16ClN3O3S/c24-17-5-6-18-21(11-17)31-23(26-18)27(13-16-2-1-9-25-12-16)22(28)8-4-15-3-7-19-20(10-15)30-14-29-19/h1-12H,13-14H2/b8-4+.